The van der Waals surface area contributed by atoms with Gasteiger partial charge in [0.15, 0.2) is 5.50 Å². The average molecular weight is 521 g/mol. The fourth-order valence-electron chi connectivity index (χ4n) is 3.98. The van der Waals surface area contributed by atoms with E-state index in [0.29, 0.717) is 28.7 Å². The Balaban J connectivity index is 1.25. The Morgan fingerprint density at radius 1 is 0.973 bits per heavy atom. The summed E-state index contributed by atoms with van der Waals surface area (Å²) >= 11 is 1.46. The molecule has 2 aliphatic heterocycles. The second kappa shape index (κ2) is 10.2. The van der Waals surface area contributed by atoms with Gasteiger partial charge in [0, 0.05) is 59.4 Å². The Bertz CT molecular complexity index is 1360. The first-order valence-electron chi connectivity index (χ1n) is 11.3. The van der Waals surface area contributed by atoms with Crippen molar-refractivity contribution in [3.05, 3.63) is 78.6 Å². The molecule has 11 heteroatoms. The molecular weight excluding hydrogens is 496 g/mol. The maximum Gasteiger partial charge on any atom is 0.413 e. The molecule has 1 atom stereocenters. The van der Waals surface area contributed by atoms with E-state index in [2.05, 4.69) is 10.6 Å². The summed E-state index contributed by atoms with van der Waals surface area (Å²) in [5, 5.41) is 15.0. The number of benzene rings is 3. The van der Waals surface area contributed by atoms with Gasteiger partial charge in [-0.05, 0) is 18.2 Å². The van der Waals surface area contributed by atoms with E-state index in [1.165, 1.54) is 16.7 Å². The van der Waals surface area contributed by atoms with E-state index in [1.807, 2.05) is 47.4 Å². The topological polar surface area (TPSA) is 113 Å². The number of thioether (sulfide) groups is 1. The summed E-state index contributed by atoms with van der Waals surface area (Å²) in [5.41, 5.74) is 1.83. The number of para-hydroxylation sites is 1. The molecule has 0 radical (unpaired) electrons. The molecule has 2 aliphatic rings. The first-order valence-corrected chi connectivity index (χ1v) is 12.2. The van der Waals surface area contributed by atoms with Gasteiger partial charge in [-0.2, -0.15) is 0 Å². The van der Waals surface area contributed by atoms with Gasteiger partial charge in [-0.3, -0.25) is 4.90 Å². The fraction of sp³-hybridized carbons (Fsp3) is 0.154. The Labute approximate surface area is 217 Å². The van der Waals surface area contributed by atoms with Gasteiger partial charge >= 0.3 is 12.1 Å². The highest BCUT2D eigenvalue weighted by Crippen LogP contribution is 2.48. The molecule has 3 N–H and O–H groups in total. The number of carbonyl (C=O) groups excluding carboxylic acids is 1. The lowest BCUT2D eigenvalue weighted by molar-refractivity contribution is 0.163. The molecular formula is C26H24N4O6S. The number of hydrogen-bond acceptors (Lipinski definition) is 7. The maximum absolute atomic E-state index is 12.6. The number of anilines is 2. The number of carboxylic acid groups (broad SMARTS) is 1. The molecule has 2 heterocycles. The zero-order valence-electron chi connectivity index (χ0n) is 20.0. The number of ether oxygens (including phenoxy) is 3. The van der Waals surface area contributed by atoms with Crippen LogP contribution in [0.25, 0.3) is 0 Å². The van der Waals surface area contributed by atoms with Gasteiger partial charge in [-0.25, -0.2) is 9.59 Å². The van der Waals surface area contributed by atoms with Crippen LogP contribution in [0.2, 0.25) is 0 Å². The first kappa shape index (κ1) is 24.2. The molecule has 1 unspecified atom stereocenters. The Morgan fingerprint density at radius 3 is 2.46 bits per heavy atom. The second-order valence-electron chi connectivity index (χ2n) is 8.09. The molecule has 0 fully saturated rings. The lowest BCUT2D eigenvalue weighted by Gasteiger charge is -2.21. The average Bonchev–Trinajstić information content (AvgIpc) is 3.47. The summed E-state index contributed by atoms with van der Waals surface area (Å²) in [7, 11) is 3.08. The fourth-order valence-corrected chi connectivity index (χ4v) is 5.21. The van der Waals surface area contributed by atoms with Crippen LogP contribution < -0.4 is 29.7 Å². The Kier molecular flexibility index (Phi) is 6.69. The van der Waals surface area contributed by atoms with Gasteiger partial charge in [0.1, 0.15) is 23.0 Å². The third-order valence-electron chi connectivity index (χ3n) is 5.77. The molecule has 0 saturated heterocycles. The van der Waals surface area contributed by atoms with Crippen LogP contribution in [0.15, 0.2) is 78.0 Å². The van der Waals surface area contributed by atoms with Crippen LogP contribution in [0, 0.1) is 0 Å². The molecule has 3 amide bonds. The maximum atomic E-state index is 12.6. The third-order valence-corrected chi connectivity index (χ3v) is 7.04. The Hall–Kier alpha value is -4.51. The number of amides is 3. The van der Waals surface area contributed by atoms with Crippen molar-refractivity contribution < 1.29 is 28.9 Å². The number of nitrogens with zero attached hydrogens (tertiary/aromatic N) is 2. The van der Waals surface area contributed by atoms with Gasteiger partial charge in [-0.15, -0.1) is 0 Å². The van der Waals surface area contributed by atoms with Crippen molar-refractivity contribution in [2.24, 2.45) is 0 Å². The van der Waals surface area contributed by atoms with Crippen molar-refractivity contribution in [2.75, 3.05) is 24.4 Å². The normalized spacial score (nSPS) is 15.1. The van der Waals surface area contributed by atoms with Gasteiger partial charge in [-0.1, -0.05) is 30.0 Å². The quantitative estimate of drug-likeness (QED) is 0.376. The molecule has 0 spiro atoms. The lowest BCUT2D eigenvalue weighted by Crippen LogP contribution is -2.35. The number of urea groups is 1. The predicted octanol–water partition coefficient (Wildman–Crippen LogP) is 5.48. The highest BCUT2D eigenvalue weighted by Gasteiger charge is 2.39. The summed E-state index contributed by atoms with van der Waals surface area (Å²) in [4.78, 5) is 28.2. The largest absolute Gasteiger partial charge is 0.497 e. The third kappa shape index (κ3) is 5.07. The molecule has 3 aromatic rings. The van der Waals surface area contributed by atoms with Crippen LogP contribution in [0.5, 0.6) is 23.0 Å². The van der Waals surface area contributed by atoms with Crippen LogP contribution in [0.4, 0.5) is 21.0 Å². The number of methoxy groups -OCH3 is 2. The molecule has 3 aromatic carbocycles. The van der Waals surface area contributed by atoms with Crippen LogP contribution in [-0.4, -0.2) is 41.8 Å². The summed E-state index contributed by atoms with van der Waals surface area (Å²) in [6.45, 7) is 0.231. The van der Waals surface area contributed by atoms with Crippen LogP contribution >= 0.6 is 11.8 Å². The lowest BCUT2D eigenvalue weighted by atomic mass is 10.2. The molecule has 0 bridgehead atoms. The monoisotopic (exact) mass is 520 g/mol. The van der Waals surface area contributed by atoms with E-state index in [-0.39, 0.29) is 12.0 Å². The van der Waals surface area contributed by atoms with Crippen molar-refractivity contribution in [2.45, 2.75) is 16.9 Å². The number of hydrogen-bond donors (Lipinski definition) is 3. The van der Waals surface area contributed by atoms with Crippen molar-refractivity contribution in [1.82, 2.24) is 10.2 Å². The molecule has 5 rings (SSSR count). The number of rotatable bonds is 7. The van der Waals surface area contributed by atoms with E-state index < -0.39 is 12.1 Å². The highest BCUT2D eigenvalue weighted by molar-refractivity contribution is 8.00. The number of nitrogens with one attached hydrogen (secondary N) is 2. The van der Waals surface area contributed by atoms with E-state index in [1.54, 1.807) is 44.8 Å². The summed E-state index contributed by atoms with van der Waals surface area (Å²) in [5.74, 6) is 2.32. The van der Waals surface area contributed by atoms with Crippen LogP contribution in [-0.2, 0) is 6.54 Å². The number of carbonyl (C=O) groups is 2. The molecule has 190 valence electrons. The first-order chi connectivity index (χ1) is 17.9. The van der Waals surface area contributed by atoms with Crippen molar-refractivity contribution >= 4 is 35.3 Å². The summed E-state index contributed by atoms with van der Waals surface area (Å²) in [6, 6.07) is 17.8. The number of fused-ring (bicyclic) bond motifs is 3. The van der Waals surface area contributed by atoms with E-state index in [9.17, 15) is 14.7 Å². The molecule has 10 nitrogen and oxygen atoms in total. The SMILES string of the molecule is COc1cc(NC(=O)NCc2ccccc2Oc2ccc3c(c2)N2C=CN(C(=O)O)C2S3)cc(OC)c1. The van der Waals surface area contributed by atoms with Crippen LogP contribution in [0.3, 0.4) is 0 Å². The van der Waals surface area contributed by atoms with E-state index >= 15 is 0 Å². The molecule has 0 saturated carbocycles. The molecule has 0 aromatic heterocycles. The summed E-state index contributed by atoms with van der Waals surface area (Å²) in [6.07, 6.45) is 2.29. The zero-order chi connectivity index (χ0) is 25.9. The summed E-state index contributed by atoms with van der Waals surface area (Å²) < 4.78 is 16.7. The van der Waals surface area contributed by atoms with Gasteiger partial charge < -0.3 is 34.9 Å². The minimum Gasteiger partial charge on any atom is -0.497 e. The van der Waals surface area contributed by atoms with Gasteiger partial charge in [0.25, 0.3) is 0 Å². The van der Waals surface area contributed by atoms with Crippen LogP contribution in [0.1, 0.15) is 5.56 Å². The van der Waals surface area contributed by atoms with E-state index in [0.717, 1.165) is 16.1 Å². The zero-order valence-corrected chi connectivity index (χ0v) is 20.8. The van der Waals surface area contributed by atoms with Crippen molar-refractivity contribution in [3.63, 3.8) is 0 Å². The smallest absolute Gasteiger partial charge is 0.413 e. The molecule has 0 aliphatic carbocycles. The van der Waals surface area contributed by atoms with Crippen molar-refractivity contribution in [1.29, 1.82) is 0 Å². The predicted molar refractivity (Wildman–Crippen MR) is 139 cm³/mol. The van der Waals surface area contributed by atoms with Gasteiger partial charge in [0.2, 0.25) is 0 Å². The molecule has 37 heavy (non-hydrogen) atoms. The standard InChI is InChI=1S/C26H24N4O6S/c1-34-19-11-17(12-20(13-19)35-2)28-24(31)27-15-16-5-3-4-6-22(16)36-18-7-8-23-21(14-18)29-9-10-30(26(32)33)25(29)37-23/h3-14,25H,15H2,1-2H3,(H,32,33)(H2,27,28,31). The van der Waals surface area contributed by atoms with Gasteiger partial charge in [0.05, 0.1) is 19.9 Å². The Morgan fingerprint density at radius 2 is 1.73 bits per heavy atom. The minimum absolute atomic E-state index is 0.231. The highest BCUT2D eigenvalue weighted by atomic mass is 32.2. The second-order valence-corrected chi connectivity index (χ2v) is 9.18. The minimum atomic E-state index is -1.00. The van der Waals surface area contributed by atoms with Crippen molar-refractivity contribution in [3.8, 4) is 23.0 Å². The van der Waals surface area contributed by atoms with E-state index in [4.69, 9.17) is 14.2 Å².